The van der Waals surface area contributed by atoms with Crippen LogP contribution in [-0.2, 0) is 11.3 Å². The lowest BCUT2D eigenvalue weighted by Gasteiger charge is -2.08. The first-order valence-electron chi connectivity index (χ1n) is 9.33. The lowest BCUT2D eigenvalue weighted by molar-refractivity contribution is -0.192. The average Bonchev–Trinajstić information content (AvgIpc) is 3.27. The van der Waals surface area contributed by atoms with Crippen molar-refractivity contribution >= 4 is 23.2 Å². The van der Waals surface area contributed by atoms with Gasteiger partial charge in [-0.1, -0.05) is 30.3 Å². The molecule has 6 nitrogen and oxygen atoms in total. The van der Waals surface area contributed by atoms with Gasteiger partial charge in [-0.25, -0.2) is 4.79 Å². The molecule has 0 aliphatic rings. The van der Waals surface area contributed by atoms with Crippen LogP contribution in [0.5, 0.6) is 5.75 Å². The number of carboxylic acids is 1. The Morgan fingerprint density at radius 2 is 1.72 bits per heavy atom. The second-order valence-corrected chi connectivity index (χ2v) is 7.41. The maximum atomic E-state index is 11.3. The number of primary amides is 1. The van der Waals surface area contributed by atoms with E-state index in [1.54, 1.807) is 23.5 Å². The number of benzene rings is 2. The summed E-state index contributed by atoms with van der Waals surface area (Å²) in [7, 11) is 0. The topological polar surface area (TPSA) is 102 Å². The molecule has 3 rings (SSSR count). The number of halogens is 3. The molecular formula is C22H21F3N2O4S. The van der Waals surface area contributed by atoms with Crippen LogP contribution in [0.15, 0.2) is 66.0 Å². The second-order valence-electron chi connectivity index (χ2n) is 6.38. The molecule has 0 radical (unpaired) electrons. The molecule has 0 fully saturated rings. The van der Waals surface area contributed by atoms with E-state index in [1.807, 2.05) is 36.4 Å². The first-order chi connectivity index (χ1) is 15.2. The molecule has 0 unspecified atom stereocenters. The molecule has 170 valence electrons. The first-order valence-corrected chi connectivity index (χ1v) is 10.2. The molecular weight excluding hydrogens is 445 g/mol. The van der Waals surface area contributed by atoms with E-state index in [2.05, 4.69) is 22.8 Å². The number of thiophene rings is 1. The molecule has 4 N–H and O–H groups in total. The third-order valence-electron chi connectivity index (χ3n) is 4.00. The van der Waals surface area contributed by atoms with Gasteiger partial charge in [-0.3, -0.25) is 4.79 Å². The number of carboxylic acid groups (broad SMARTS) is 1. The Hall–Kier alpha value is -3.37. The lowest BCUT2D eigenvalue weighted by Crippen LogP contribution is -2.21. The number of aliphatic carboxylic acids is 1. The van der Waals surface area contributed by atoms with Crippen molar-refractivity contribution in [3.8, 4) is 16.9 Å². The minimum Gasteiger partial charge on any atom is -0.492 e. The fourth-order valence-electron chi connectivity index (χ4n) is 2.46. The Morgan fingerprint density at radius 3 is 2.28 bits per heavy atom. The van der Waals surface area contributed by atoms with Gasteiger partial charge in [0.2, 0.25) is 5.91 Å². The molecule has 1 aromatic heterocycles. The second kappa shape index (κ2) is 11.9. The van der Waals surface area contributed by atoms with Crippen molar-refractivity contribution in [2.75, 3.05) is 13.2 Å². The quantitative estimate of drug-likeness (QED) is 0.430. The lowest BCUT2D eigenvalue weighted by atomic mass is 10.0. The van der Waals surface area contributed by atoms with Crippen molar-refractivity contribution in [3.63, 3.8) is 0 Å². The molecule has 0 saturated carbocycles. The highest BCUT2D eigenvalue weighted by Gasteiger charge is 2.38. The number of rotatable bonds is 8. The predicted molar refractivity (Wildman–Crippen MR) is 116 cm³/mol. The predicted octanol–water partition coefficient (Wildman–Crippen LogP) is 4.32. The average molecular weight is 466 g/mol. The van der Waals surface area contributed by atoms with Crippen molar-refractivity contribution in [2.45, 2.75) is 12.7 Å². The van der Waals surface area contributed by atoms with Crippen LogP contribution in [-0.4, -0.2) is 36.3 Å². The summed E-state index contributed by atoms with van der Waals surface area (Å²) in [5, 5.41) is 12.6. The molecule has 0 atom stereocenters. The number of carbonyl (C=O) groups is 2. The molecule has 1 heterocycles. The van der Waals surface area contributed by atoms with E-state index in [1.165, 1.54) is 4.88 Å². The number of amides is 1. The van der Waals surface area contributed by atoms with Gasteiger partial charge in [0, 0.05) is 23.5 Å². The Morgan fingerprint density at radius 1 is 1.03 bits per heavy atom. The number of ether oxygens (including phenoxy) is 1. The van der Waals surface area contributed by atoms with E-state index in [0.717, 1.165) is 30.0 Å². The number of hydrogen-bond acceptors (Lipinski definition) is 5. The van der Waals surface area contributed by atoms with Gasteiger partial charge in [0.05, 0.1) is 0 Å². The third kappa shape index (κ3) is 8.40. The Balaban J connectivity index is 0.000000451. The number of alkyl halides is 3. The van der Waals surface area contributed by atoms with Gasteiger partial charge in [0.15, 0.2) is 0 Å². The van der Waals surface area contributed by atoms with Crippen molar-refractivity contribution in [3.05, 3.63) is 76.5 Å². The van der Waals surface area contributed by atoms with Gasteiger partial charge in [-0.15, -0.1) is 11.3 Å². The number of carbonyl (C=O) groups excluding carboxylic acids is 1. The molecule has 10 heteroatoms. The summed E-state index contributed by atoms with van der Waals surface area (Å²) in [4.78, 5) is 21.5. The largest absolute Gasteiger partial charge is 0.492 e. The zero-order valence-corrected chi connectivity index (χ0v) is 17.6. The SMILES string of the molecule is NC(=O)c1cccc(-c2ccc(OCCNCc3cccs3)cc2)c1.O=C(O)C(F)(F)F. The summed E-state index contributed by atoms with van der Waals surface area (Å²) in [6.07, 6.45) is -5.08. The molecule has 32 heavy (non-hydrogen) atoms. The van der Waals surface area contributed by atoms with Crippen LogP contribution < -0.4 is 15.8 Å². The van der Waals surface area contributed by atoms with Crippen LogP contribution in [0.1, 0.15) is 15.2 Å². The van der Waals surface area contributed by atoms with Gasteiger partial charge in [0.1, 0.15) is 12.4 Å². The maximum absolute atomic E-state index is 11.3. The Bertz CT molecular complexity index is 1010. The van der Waals surface area contributed by atoms with Gasteiger partial charge < -0.3 is 20.9 Å². The van der Waals surface area contributed by atoms with Crippen molar-refractivity contribution < 1.29 is 32.6 Å². The molecule has 3 aromatic rings. The normalized spacial score (nSPS) is 10.7. The fourth-order valence-corrected chi connectivity index (χ4v) is 3.14. The number of nitrogens with one attached hydrogen (secondary N) is 1. The molecule has 0 aliphatic heterocycles. The third-order valence-corrected chi connectivity index (χ3v) is 4.88. The van der Waals surface area contributed by atoms with E-state index in [0.29, 0.717) is 12.2 Å². The van der Waals surface area contributed by atoms with E-state index in [4.69, 9.17) is 20.4 Å². The van der Waals surface area contributed by atoms with Gasteiger partial charge in [-0.2, -0.15) is 13.2 Å². The summed E-state index contributed by atoms with van der Waals surface area (Å²) in [6.45, 7) is 2.28. The molecule has 0 bridgehead atoms. The summed E-state index contributed by atoms with van der Waals surface area (Å²) in [6, 6.07) is 19.3. The highest BCUT2D eigenvalue weighted by molar-refractivity contribution is 7.09. The van der Waals surface area contributed by atoms with Crippen LogP contribution in [0.4, 0.5) is 13.2 Å². The highest BCUT2D eigenvalue weighted by Crippen LogP contribution is 2.23. The monoisotopic (exact) mass is 466 g/mol. The highest BCUT2D eigenvalue weighted by atomic mass is 32.1. The number of hydrogen-bond donors (Lipinski definition) is 3. The van der Waals surface area contributed by atoms with E-state index in [9.17, 15) is 18.0 Å². The summed E-state index contributed by atoms with van der Waals surface area (Å²) < 4.78 is 37.5. The van der Waals surface area contributed by atoms with Crippen LogP contribution in [0.3, 0.4) is 0 Å². The Kier molecular flexibility index (Phi) is 9.23. The van der Waals surface area contributed by atoms with E-state index >= 15 is 0 Å². The summed E-state index contributed by atoms with van der Waals surface area (Å²) in [5.74, 6) is -2.35. The smallest absolute Gasteiger partial charge is 0.490 e. The zero-order valence-electron chi connectivity index (χ0n) is 16.8. The standard InChI is InChI=1S/C20H20N2O2S.C2HF3O2/c21-20(23)17-4-1-3-16(13-17)15-6-8-18(9-7-15)24-11-10-22-14-19-5-2-12-25-19;3-2(4,5)1(6)7/h1-9,12-13,22H,10-11,14H2,(H2,21,23);(H,6,7). The maximum Gasteiger partial charge on any atom is 0.490 e. The molecule has 0 aliphatic carbocycles. The summed E-state index contributed by atoms with van der Waals surface area (Å²) in [5.41, 5.74) is 7.82. The molecule has 0 saturated heterocycles. The zero-order chi connectivity index (χ0) is 23.6. The van der Waals surface area contributed by atoms with Crippen LogP contribution in [0.25, 0.3) is 11.1 Å². The van der Waals surface area contributed by atoms with Crippen molar-refractivity contribution in [1.82, 2.24) is 5.32 Å². The van der Waals surface area contributed by atoms with Crippen LogP contribution in [0.2, 0.25) is 0 Å². The van der Waals surface area contributed by atoms with Gasteiger partial charge in [-0.05, 0) is 46.8 Å². The minimum absolute atomic E-state index is 0.420. The molecule has 2 aromatic carbocycles. The number of nitrogens with two attached hydrogens (primary N) is 1. The Labute approximate surface area is 186 Å². The fraction of sp³-hybridized carbons (Fsp3) is 0.182. The molecule has 1 amide bonds. The molecule has 0 spiro atoms. The minimum atomic E-state index is -5.08. The van der Waals surface area contributed by atoms with Crippen molar-refractivity contribution in [1.29, 1.82) is 0 Å². The van der Waals surface area contributed by atoms with Crippen molar-refractivity contribution in [2.24, 2.45) is 5.73 Å². The van der Waals surface area contributed by atoms with Gasteiger partial charge >= 0.3 is 12.1 Å². The first kappa shape index (κ1) is 24.9. The van der Waals surface area contributed by atoms with Gasteiger partial charge in [0.25, 0.3) is 0 Å². The van der Waals surface area contributed by atoms with E-state index < -0.39 is 18.1 Å². The van der Waals surface area contributed by atoms with Crippen LogP contribution >= 0.6 is 11.3 Å². The van der Waals surface area contributed by atoms with Crippen LogP contribution in [0, 0.1) is 0 Å². The van der Waals surface area contributed by atoms with E-state index in [-0.39, 0.29) is 0 Å². The summed E-state index contributed by atoms with van der Waals surface area (Å²) >= 11 is 1.75.